The van der Waals surface area contributed by atoms with E-state index >= 15 is 0 Å². The van der Waals surface area contributed by atoms with E-state index in [4.69, 9.17) is 18.0 Å². The molecule has 0 aliphatic carbocycles. The Morgan fingerprint density at radius 3 is 2.32 bits per heavy atom. The van der Waals surface area contributed by atoms with Crippen molar-refractivity contribution >= 4 is 44.5 Å². The standard InChI is InChI=1S/C13H9BrF2N2S/c14-7-5-9(15)12(10(16)6-7)18-11-4-2-1-3-8(11)13(17)19/h1-6,18H,(H2,17,19). The van der Waals surface area contributed by atoms with E-state index < -0.39 is 11.6 Å². The van der Waals surface area contributed by atoms with Gasteiger partial charge in [-0.25, -0.2) is 8.78 Å². The summed E-state index contributed by atoms with van der Waals surface area (Å²) in [6, 6.07) is 9.14. The van der Waals surface area contributed by atoms with Crippen LogP contribution in [-0.4, -0.2) is 4.99 Å². The van der Waals surface area contributed by atoms with Gasteiger partial charge in [-0.05, 0) is 24.3 Å². The molecule has 19 heavy (non-hydrogen) atoms. The molecule has 6 heteroatoms. The topological polar surface area (TPSA) is 38.0 Å². The summed E-state index contributed by atoms with van der Waals surface area (Å²) in [5.41, 5.74) is 6.30. The van der Waals surface area contributed by atoms with Gasteiger partial charge in [0.15, 0.2) is 11.6 Å². The van der Waals surface area contributed by atoms with Crippen LogP contribution < -0.4 is 11.1 Å². The lowest BCUT2D eigenvalue weighted by Crippen LogP contribution is -2.12. The molecule has 0 aromatic heterocycles. The van der Waals surface area contributed by atoms with E-state index in [9.17, 15) is 8.78 Å². The van der Waals surface area contributed by atoms with Crippen molar-refractivity contribution in [2.24, 2.45) is 5.73 Å². The first-order valence-corrected chi connectivity index (χ1v) is 6.49. The van der Waals surface area contributed by atoms with E-state index in [1.54, 1.807) is 24.3 Å². The number of rotatable bonds is 3. The number of para-hydroxylation sites is 1. The number of benzene rings is 2. The second-order valence-electron chi connectivity index (χ2n) is 3.78. The van der Waals surface area contributed by atoms with Gasteiger partial charge in [0, 0.05) is 15.7 Å². The minimum absolute atomic E-state index is 0.154. The second-order valence-corrected chi connectivity index (χ2v) is 5.13. The van der Waals surface area contributed by atoms with Gasteiger partial charge >= 0.3 is 0 Å². The molecule has 0 saturated heterocycles. The summed E-state index contributed by atoms with van der Waals surface area (Å²) in [4.78, 5) is 0.154. The number of halogens is 3. The highest BCUT2D eigenvalue weighted by Gasteiger charge is 2.13. The smallest absolute Gasteiger partial charge is 0.150 e. The summed E-state index contributed by atoms with van der Waals surface area (Å²) < 4.78 is 27.8. The molecular formula is C13H9BrF2N2S. The quantitative estimate of drug-likeness (QED) is 0.824. The zero-order valence-electron chi connectivity index (χ0n) is 9.58. The molecule has 0 atom stereocenters. The zero-order valence-corrected chi connectivity index (χ0v) is 12.0. The third-order valence-corrected chi connectivity index (χ3v) is 3.14. The fourth-order valence-electron chi connectivity index (χ4n) is 1.60. The second kappa shape index (κ2) is 5.63. The van der Waals surface area contributed by atoms with Crippen LogP contribution in [0.25, 0.3) is 0 Å². The Kier molecular flexibility index (Phi) is 4.11. The maximum absolute atomic E-state index is 13.7. The molecule has 2 aromatic rings. The van der Waals surface area contributed by atoms with Gasteiger partial charge in [0.2, 0.25) is 0 Å². The van der Waals surface area contributed by atoms with Gasteiger partial charge < -0.3 is 11.1 Å². The average molecular weight is 343 g/mol. The highest BCUT2D eigenvalue weighted by molar-refractivity contribution is 9.10. The number of hydrogen-bond acceptors (Lipinski definition) is 2. The molecule has 2 nitrogen and oxygen atoms in total. The molecule has 0 aliphatic heterocycles. The van der Waals surface area contributed by atoms with Gasteiger partial charge in [-0.15, -0.1) is 0 Å². The van der Waals surface area contributed by atoms with Crippen molar-refractivity contribution in [1.82, 2.24) is 0 Å². The van der Waals surface area contributed by atoms with Crippen LogP contribution in [0, 0.1) is 11.6 Å². The van der Waals surface area contributed by atoms with Crippen molar-refractivity contribution in [1.29, 1.82) is 0 Å². The van der Waals surface area contributed by atoms with Gasteiger partial charge in [0.1, 0.15) is 10.7 Å². The Balaban J connectivity index is 2.45. The average Bonchev–Trinajstić information content (AvgIpc) is 2.34. The molecule has 0 fully saturated rings. The van der Waals surface area contributed by atoms with Crippen molar-refractivity contribution < 1.29 is 8.78 Å². The molecule has 3 N–H and O–H groups in total. The molecule has 0 aliphatic rings. The number of thiocarbonyl (C=S) groups is 1. The van der Waals surface area contributed by atoms with Crippen LogP contribution >= 0.6 is 28.1 Å². The van der Waals surface area contributed by atoms with E-state index in [1.807, 2.05) is 0 Å². The van der Waals surface area contributed by atoms with E-state index in [-0.39, 0.29) is 10.7 Å². The minimum atomic E-state index is -0.704. The number of nitrogens with two attached hydrogens (primary N) is 1. The Morgan fingerprint density at radius 1 is 1.16 bits per heavy atom. The van der Waals surface area contributed by atoms with E-state index in [1.165, 1.54) is 12.1 Å². The predicted molar refractivity (Wildman–Crippen MR) is 79.7 cm³/mol. The van der Waals surface area contributed by atoms with Crippen molar-refractivity contribution in [3.8, 4) is 0 Å². The zero-order chi connectivity index (χ0) is 14.0. The summed E-state index contributed by atoms with van der Waals surface area (Å²) in [7, 11) is 0. The highest BCUT2D eigenvalue weighted by atomic mass is 79.9. The summed E-state index contributed by atoms with van der Waals surface area (Å²) >= 11 is 7.92. The number of anilines is 2. The van der Waals surface area contributed by atoms with Crippen molar-refractivity contribution in [2.75, 3.05) is 5.32 Å². The maximum Gasteiger partial charge on any atom is 0.150 e. The van der Waals surface area contributed by atoms with Crippen LogP contribution in [-0.2, 0) is 0 Å². The first kappa shape index (κ1) is 13.9. The lowest BCUT2D eigenvalue weighted by molar-refractivity contribution is 0.589. The van der Waals surface area contributed by atoms with Crippen molar-refractivity contribution in [3.05, 3.63) is 58.1 Å². The predicted octanol–water partition coefficient (Wildman–Crippen LogP) is 4.11. The molecule has 0 spiro atoms. The molecule has 0 saturated carbocycles. The molecule has 0 heterocycles. The summed E-state index contributed by atoms with van der Waals surface area (Å²) in [6.45, 7) is 0. The fraction of sp³-hybridized carbons (Fsp3) is 0. The van der Waals surface area contributed by atoms with Gasteiger partial charge in [-0.2, -0.15) is 0 Å². The van der Waals surface area contributed by atoms with Crippen LogP contribution in [0.3, 0.4) is 0 Å². The fourth-order valence-corrected chi connectivity index (χ4v) is 2.18. The van der Waals surface area contributed by atoms with Gasteiger partial charge in [0.05, 0.1) is 0 Å². The Hall–Kier alpha value is -1.53. The van der Waals surface area contributed by atoms with Crippen LogP contribution in [0.4, 0.5) is 20.2 Å². The van der Waals surface area contributed by atoms with Crippen LogP contribution in [0.5, 0.6) is 0 Å². The van der Waals surface area contributed by atoms with Crippen molar-refractivity contribution in [2.45, 2.75) is 0 Å². The molecule has 2 aromatic carbocycles. The van der Waals surface area contributed by atoms with Crippen LogP contribution in [0.15, 0.2) is 40.9 Å². The van der Waals surface area contributed by atoms with E-state index in [2.05, 4.69) is 21.2 Å². The first-order chi connectivity index (χ1) is 8.99. The molecule has 2 rings (SSSR count). The molecule has 0 amide bonds. The Labute approximate surface area is 122 Å². The monoisotopic (exact) mass is 342 g/mol. The largest absolute Gasteiger partial charge is 0.389 e. The third kappa shape index (κ3) is 3.08. The lowest BCUT2D eigenvalue weighted by atomic mass is 10.1. The first-order valence-electron chi connectivity index (χ1n) is 5.29. The van der Waals surface area contributed by atoms with Gasteiger partial charge in [-0.3, -0.25) is 0 Å². The molecular weight excluding hydrogens is 334 g/mol. The van der Waals surface area contributed by atoms with E-state index in [0.717, 1.165) is 0 Å². The normalized spacial score (nSPS) is 10.3. The molecule has 0 bridgehead atoms. The third-order valence-electron chi connectivity index (χ3n) is 2.46. The summed E-state index contributed by atoms with van der Waals surface area (Å²) in [5.74, 6) is -1.41. The summed E-state index contributed by atoms with van der Waals surface area (Å²) in [6.07, 6.45) is 0. The summed E-state index contributed by atoms with van der Waals surface area (Å²) in [5, 5.41) is 2.68. The maximum atomic E-state index is 13.7. The minimum Gasteiger partial charge on any atom is -0.389 e. The van der Waals surface area contributed by atoms with Gasteiger partial charge in [0.25, 0.3) is 0 Å². The van der Waals surface area contributed by atoms with Crippen molar-refractivity contribution in [3.63, 3.8) is 0 Å². The van der Waals surface area contributed by atoms with Crippen LogP contribution in [0.2, 0.25) is 0 Å². The number of hydrogen-bond donors (Lipinski definition) is 2. The highest BCUT2D eigenvalue weighted by Crippen LogP contribution is 2.28. The lowest BCUT2D eigenvalue weighted by Gasteiger charge is -2.12. The van der Waals surface area contributed by atoms with Gasteiger partial charge in [-0.1, -0.05) is 40.3 Å². The molecule has 0 unspecified atom stereocenters. The van der Waals surface area contributed by atoms with Crippen LogP contribution in [0.1, 0.15) is 5.56 Å². The Bertz CT molecular complexity index is 623. The SMILES string of the molecule is NC(=S)c1ccccc1Nc1c(F)cc(Br)cc1F. The Morgan fingerprint density at radius 2 is 1.74 bits per heavy atom. The molecule has 98 valence electrons. The molecule has 0 radical (unpaired) electrons. The number of nitrogens with one attached hydrogen (secondary N) is 1. The van der Waals surface area contributed by atoms with E-state index in [0.29, 0.717) is 15.7 Å².